The zero-order valence-electron chi connectivity index (χ0n) is 14.9. The number of fused-ring (bicyclic) bond motifs is 1. The second-order valence-corrected chi connectivity index (χ2v) is 7.14. The lowest BCUT2D eigenvalue weighted by Gasteiger charge is -2.38. The fourth-order valence-corrected chi connectivity index (χ4v) is 4.00. The average molecular weight is 352 g/mol. The van der Waals surface area contributed by atoms with Gasteiger partial charge in [0, 0.05) is 26.1 Å². The van der Waals surface area contributed by atoms with Gasteiger partial charge in [0.15, 0.2) is 5.76 Å². The van der Waals surface area contributed by atoms with Gasteiger partial charge in [0.05, 0.1) is 6.26 Å². The first kappa shape index (κ1) is 16.9. The van der Waals surface area contributed by atoms with Crippen LogP contribution >= 0.6 is 0 Å². The van der Waals surface area contributed by atoms with E-state index in [1.54, 1.807) is 17.0 Å². The van der Waals surface area contributed by atoms with Crippen LogP contribution in [0.4, 0.5) is 0 Å². The number of carbonyl (C=O) groups excluding carboxylic acids is 2. The number of benzene rings is 1. The van der Waals surface area contributed by atoms with Crippen molar-refractivity contribution >= 4 is 11.8 Å². The summed E-state index contributed by atoms with van der Waals surface area (Å²) in [5.74, 6) is 0.150. The maximum atomic E-state index is 13.3. The van der Waals surface area contributed by atoms with Crippen LogP contribution in [0.15, 0.2) is 47.1 Å². The first-order valence-electron chi connectivity index (χ1n) is 9.44. The molecule has 2 aliphatic heterocycles. The molecule has 0 spiro atoms. The topological polar surface area (TPSA) is 53.8 Å². The van der Waals surface area contributed by atoms with Crippen LogP contribution in [0.5, 0.6) is 0 Å². The Kier molecular flexibility index (Phi) is 4.78. The van der Waals surface area contributed by atoms with Gasteiger partial charge in [0.1, 0.15) is 6.04 Å². The quantitative estimate of drug-likeness (QED) is 0.834. The number of amides is 2. The molecule has 5 nitrogen and oxygen atoms in total. The summed E-state index contributed by atoms with van der Waals surface area (Å²) in [6, 6.07) is 11.0. The van der Waals surface area contributed by atoms with E-state index in [2.05, 4.69) is 6.07 Å². The molecular formula is C21H24N2O3. The maximum Gasteiger partial charge on any atom is 0.290 e. The van der Waals surface area contributed by atoms with Crippen molar-refractivity contribution in [3.05, 3.63) is 59.5 Å². The van der Waals surface area contributed by atoms with Gasteiger partial charge in [-0.25, -0.2) is 0 Å². The third-order valence-corrected chi connectivity index (χ3v) is 5.44. The van der Waals surface area contributed by atoms with E-state index >= 15 is 0 Å². The second-order valence-electron chi connectivity index (χ2n) is 7.14. The van der Waals surface area contributed by atoms with E-state index in [1.165, 1.54) is 19.1 Å². The Morgan fingerprint density at radius 3 is 2.35 bits per heavy atom. The van der Waals surface area contributed by atoms with Crippen molar-refractivity contribution in [2.24, 2.45) is 0 Å². The Morgan fingerprint density at radius 2 is 1.65 bits per heavy atom. The molecular weight excluding hydrogens is 328 g/mol. The third-order valence-electron chi connectivity index (χ3n) is 5.44. The molecule has 0 N–H and O–H groups in total. The zero-order valence-corrected chi connectivity index (χ0v) is 14.9. The first-order valence-corrected chi connectivity index (χ1v) is 9.44. The minimum absolute atomic E-state index is 0.0707. The highest BCUT2D eigenvalue weighted by Crippen LogP contribution is 2.27. The minimum atomic E-state index is -0.458. The zero-order chi connectivity index (χ0) is 17.9. The normalized spacial score (nSPS) is 20.4. The van der Waals surface area contributed by atoms with E-state index in [-0.39, 0.29) is 17.6 Å². The molecule has 1 atom stereocenters. The molecule has 4 rings (SSSR count). The summed E-state index contributed by atoms with van der Waals surface area (Å²) in [5, 5.41) is 0. The van der Waals surface area contributed by atoms with Crippen LogP contribution in [-0.4, -0.2) is 40.7 Å². The molecule has 0 bridgehead atoms. The number of likely N-dealkylation sites (tertiary alicyclic amines) is 1. The fraction of sp³-hybridized carbons (Fsp3) is 0.429. The van der Waals surface area contributed by atoms with Crippen LogP contribution in [-0.2, 0) is 17.8 Å². The van der Waals surface area contributed by atoms with Gasteiger partial charge in [0.25, 0.3) is 5.91 Å². The number of hydrogen-bond donors (Lipinski definition) is 0. The molecule has 2 amide bonds. The molecule has 1 aromatic heterocycles. The van der Waals surface area contributed by atoms with E-state index in [1.807, 2.05) is 23.1 Å². The number of nitrogens with zero attached hydrogens (tertiary/aromatic N) is 2. The minimum Gasteiger partial charge on any atom is -0.459 e. The van der Waals surface area contributed by atoms with Crippen LogP contribution in [0, 0.1) is 0 Å². The van der Waals surface area contributed by atoms with Gasteiger partial charge in [-0.2, -0.15) is 0 Å². The van der Waals surface area contributed by atoms with E-state index in [4.69, 9.17) is 4.42 Å². The summed E-state index contributed by atoms with van der Waals surface area (Å²) in [4.78, 5) is 29.9. The standard InChI is InChI=1S/C21H24N2O3/c24-20(22-11-5-1-2-6-12-22)18-14-16-8-3-4-9-17(16)15-23(18)21(25)19-10-7-13-26-19/h3-4,7-10,13,18H,1-2,5-6,11-12,14-15H2/t18-/m0/s1. The monoisotopic (exact) mass is 352 g/mol. The predicted octanol–water partition coefficient (Wildman–Crippen LogP) is 3.25. The number of carbonyl (C=O) groups is 2. The summed E-state index contributed by atoms with van der Waals surface area (Å²) in [6.07, 6.45) is 6.50. The fourth-order valence-electron chi connectivity index (χ4n) is 4.00. The predicted molar refractivity (Wildman–Crippen MR) is 97.6 cm³/mol. The van der Waals surface area contributed by atoms with Gasteiger partial charge in [-0.3, -0.25) is 9.59 Å². The molecule has 3 heterocycles. The van der Waals surface area contributed by atoms with Crippen molar-refractivity contribution < 1.29 is 14.0 Å². The van der Waals surface area contributed by atoms with Crippen molar-refractivity contribution in [1.82, 2.24) is 9.80 Å². The summed E-state index contributed by atoms with van der Waals surface area (Å²) < 4.78 is 5.31. The van der Waals surface area contributed by atoms with Gasteiger partial charge in [-0.15, -0.1) is 0 Å². The lowest BCUT2D eigenvalue weighted by molar-refractivity contribution is -0.136. The van der Waals surface area contributed by atoms with E-state index in [0.29, 0.717) is 13.0 Å². The smallest absolute Gasteiger partial charge is 0.290 e. The lowest BCUT2D eigenvalue weighted by Crippen LogP contribution is -2.53. The number of hydrogen-bond acceptors (Lipinski definition) is 3. The summed E-state index contributed by atoms with van der Waals surface area (Å²) in [6.45, 7) is 2.03. The Balaban J connectivity index is 1.64. The highest BCUT2D eigenvalue weighted by molar-refractivity contribution is 5.96. The lowest BCUT2D eigenvalue weighted by atomic mass is 9.92. The van der Waals surface area contributed by atoms with Crippen LogP contribution in [0.2, 0.25) is 0 Å². The van der Waals surface area contributed by atoms with Crippen molar-refractivity contribution in [1.29, 1.82) is 0 Å². The molecule has 2 aromatic rings. The van der Waals surface area contributed by atoms with Gasteiger partial charge in [-0.05, 0) is 36.1 Å². The van der Waals surface area contributed by atoms with E-state index in [9.17, 15) is 9.59 Å². The van der Waals surface area contributed by atoms with Gasteiger partial charge >= 0.3 is 0 Å². The van der Waals surface area contributed by atoms with E-state index in [0.717, 1.165) is 37.1 Å². The maximum absolute atomic E-state index is 13.3. The van der Waals surface area contributed by atoms with Crippen molar-refractivity contribution in [3.63, 3.8) is 0 Å². The average Bonchev–Trinajstić information content (AvgIpc) is 3.08. The summed E-state index contributed by atoms with van der Waals surface area (Å²) >= 11 is 0. The van der Waals surface area contributed by atoms with Crippen molar-refractivity contribution in [2.75, 3.05) is 13.1 Å². The van der Waals surface area contributed by atoms with Gasteiger partial charge < -0.3 is 14.2 Å². The molecule has 0 unspecified atom stereocenters. The van der Waals surface area contributed by atoms with E-state index < -0.39 is 6.04 Å². The molecule has 1 saturated heterocycles. The Labute approximate surface area is 153 Å². The molecule has 0 saturated carbocycles. The van der Waals surface area contributed by atoms with Crippen LogP contribution < -0.4 is 0 Å². The molecule has 0 radical (unpaired) electrons. The van der Waals surface area contributed by atoms with Crippen LogP contribution in [0.25, 0.3) is 0 Å². The summed E-state index contributed by atoms with van der Waals surface area (Å²) in [7, 11) is 0. The van der Waals surface area contributed by atoms with Crippen molar-refractivity contribution in [3.8, 4) is 0 Å². The molecule has 0 aliphatic carbocycles. The molecule has 136 valence electrons. The SMILES string of the molecule is O=C([C@@H]1Cc2ccccc2CN1C(=O)c1ccco1)N1CCCCCC1. The largest absolute Gasteiger partial charge is 0.459 e. The molecule has 2 aliphatic rings. The van der Waals surface area contributed by atoms with Crippen LogP contribution in [0.1, 0.15) is 47.4 Å². The first-order chi connectivity index (χ1) is 12.7. The molecule has 1 fully saturated rings. The number of rotatable bonds is 2. The highest BCUT2D eigenvalue weighted by Gasteiger charge is 2.38. The van der Waals surface area contributed by atoms with Gasteiger partial charge in [0.2, 0.25) is 5.91 Å². The summed E-state index contributed by atoms with van der Waals surface area (Å²) in [5.41, 5.74) is 2.26. The highest BCUT2D eigenvalue weighted by atomic mass is 16.3. The molecule has 26 heavy (non-hydrogen) atoms. The third kappa shape index (κ3) is 3.26. The Hall–Kier alpha value is -2.56. The Bertz CT molecular complexity index is 776. The van der Waals surface area contributed by atoms with Gasteiger partial charge in [-0.1, -0.05) is 37.1 Å². The Morgan fingerprint density at radius 1 is 0.923 bits per heavy atom. The molecule has 1 aromatic carbocycles. The molecule has 5 heteroatoms. The van der Waals surface area contributed by atoms with Crippen LogP contribution in [0.3, 0.4) is 0 Å². The number of furan rings is 1. The second kappa shape index (κ2) is 7.36. The van der Waals surface area contributed by atoms with Crippen molar-refractivity contribution in [2.45, 2.75) is 44.7 Å².